The second-order valence-electron chi connectivity index (χ2n) is 13.2. The molecule has 11 heteroatoms. The number of amides is 4. The average molecular weight is 680 g/mol. The Balaban J connectivity index is 1.41. The molecule has 244 valence electrons. The van der Waals surface area contributed by atoms with Crippen LogP contribution in [0.2, 0.25) is 0 Å². The standard InChI is InChI=1S/C37H33N3O6S2/c1-18-6-12-22(13-7-18)38-32(41)26-28(34(38)43)37(36(45)46-5)29-27(33(42)39(35(29)44)23-14-8-19(2)9-15-23)31(25-17-11-21(4)48-25)40(37)30(26)24-16-10-20(3)47-24/h6-17,26-31H,1-5H3/t26-,27-,28-,29-,30-,31-/m1/s1. The molecule has 9 nitrogen and oxygen atoms in total. The topological polar surface area (TPSA) is 104 Å². The SMILES string of the molecule is COC(=O)C12[C@H]3C(=O)N(c4ccc(C)cc4)C(=O)[C@H]3[C@@H](c3ccc(C)s3)N1[C@H](c1ccc(C)s1)[C@@H]1C(=O)N(c3ccc(C)cc3)C(=O)[C@@H]12. The Hall–Kier alpha value is -4.45. The Bertz CT molecular complexity index is 1900. The van der Waals surface area contributed by atoms with Crippen LogP contribution < -0.4 is 9.80 Å². The van der Waals surface area contributed by atoms with Crippen LogP contribution in [0.15, 0.2) is 72.8 Å². The lowest BCUT2D eigenvalue weighted by Crippen LogP contribution is -2.60. The van der Waals surface area contributed by atoms with Crippen LogP contribution in [0, 0.1) is 51.4 Å². The molecule has 0 unspecified atom stereocenters. The first-order chi connectivity index (χ1) is 23.0. The Kier molecular flexibility index (Phi) is 6.93. The Morgan fingerprint density at radius 2 is 1.00 bits per heavy atom. The molecule has 4 aliphatic heterocycles. The summed E-state index contributed by atoms with van der Waals surface area (Å²) in [5.74, 6) is -7.38. The van der Waals surface area contributed by atoms with Gasteiger partial charge in [0.05, 0.1) is 54.2 Å². The molecule has 2 aromatic carbocycles. The van der Waals surface area contributed by atoms with E-state index < -0.39 is 70.9 Å². The van der Waals surface area contributed by atoms with Crippen LogP contribution in [0.1, 0.15) is 42.7 Å². The molecule has 0 saturated carbocycles. The second kappa shape index (κ2) is 10.8. The van der Waals surface area contributed by atoms with Gasteiger partial charge in [-0.3, -0.25) is 24.1 Å². The molecule has 6 atom stereocenters. The maximum Gasteiger partial charge on any atom is 0.328 e. The van der Waals surface area contributed by atoms with Crippen LogP contribution in [0.5, 0.6) is 0 Å². The van der Waals surface area contributed by atoms with E-state index >= 15 is 0 Å². The minimum Gasteiger partial charge on any atom is -0.468 e. The van der Waals surface area contributed by atoms with E-state index in [0.717, 1.165) is 30.6 Å². The van der Waals surface area contributed by atoms with Crippen molar-refractivity contribution < 1.29 is 28.7 Å². The molecule has 0 spiro atoms. The molecule has 4 fully saturated rings. The van der Waals surface area contributed by atoms with Crippen molar-refractivity contribution in [3.63, 3.8) is 0 Å². The van der Waals surface area contributed by atoms with Crippen molar-refractivity contribution in [1.82, 2.24) is 4.90 Å². The van der Waals surface area contributed by atoms with Crippen LogP contribution >= 0.6 is 22.7 Å². The maximum atomic E-state index is 14.9. The number of hydrogen-bond acceptors (Lipinski definition) is 9. The number of esters is 1. The quantitative estimate of drug-likeness (QED) is 0.198. The fraction of sp³-hybridized carbons (Fsp3) is 0.324. The number of methoxy groups -OCH3 is 1. The zero-order chi connectivity index (χ0) is 33.8. The highest BCUT2D eigenvalue weighted by Gasteiger charge is 2.84. The van der Waals surface area contributed by atoms with Gasteiger partial charge in [-0.2, -0.15) is 0 Å². The van der Waals surface area contributed by atoms with Gasteiger partial charge in [0.15, 0.2) is 0 Å². The van der Waals surface area contributed by atoms with Crippen LogP contribution in [-0.4, -0.2) is 47.1 Å². The van der Waals surface area contributed by atoms with Gasteiger partial charge < -0.3 is 4.74 Å². The Morgan fingerprint density at radius 3 is 1.33 bits per heavy atom. The minimum atomic E-state index is -1.94. The molecule has 6 heterocycles. The van der Waals surface area contributed by atoms with Gasteiger partial charge in [0.25, 0.3) is 0 Å². The molecule has 0 N–H and O–H groups in total. The van der Waals surface area contributed by atoms with Gasteiger partial charge in [0.2, 0.25) is 23.6 Å². The number of anilines is 2. The van der Waals surface area contributed by atoms with Gasteiger partial charge in [-0.05, 0) is 76.2 Å². The van der Waals surface area contributed by atoms with E-state index in [2.05, 4.69) is 0 Å². The van der Waals surface area contributed by atoms with E-state index in [-0.39, 0.29) is 0 Å². The lowest BCUT2D eigenvalue weighted by Gasteiger charge is -2.41. The number of carbonyl (C=O) groups is 5. The first kappa shape index (κ1) is 30.9. The van der Waals surface area contributed by atoms with E-state index in [1.54, 1.807) is 24.3 Å². The van der Waals surface area contributed by atoms with Crippen molar-refractivity contribution in [2.24, 2.45) is 23.7 Å². The zero-order valence-electron chi connectivity index (χ0n) is 27.0. The van der Waals surface area contributed by atoms with E-state index in [0.29, 0.717) is 11.4 Å². The summed E-state index contributed by atoms with van der Waals surface area (Å²) in [6.45, 7) is 7.75. The fourth-order valence-electron chi connectivity index (χ4n) is 8.71. The molecular formula is C37H33N3O6S2. The molecule has 0 radical (unpaired) electrons. The lowest BCUT2D eigenvalue weighted by atomic mass is 9.69. The molecule has 4 aliphatic rings. The lowest BCUT2D eigenvalue weighted by molar-refractivity contribution is -0.162. The van der Waals surface area contributed by atoms with Gasteiger partial charge in [-0.25, -0.2) is 14.6 Å². The number of benzene rings is 2. The fourth-order valence-corrected chi connectivity index (χ4v) is 10.8. The smallest absolute Gasteiger partial charge is 0.328 e. The van der Waals surface area contributed by atoms with Crippen molar-refractivity contribution >= 4 is 63.6 Å². The number of hydrogen-bond donors (Lipinski definition) is 0. The summed E-state index contributed by atoms with van der Waals surface area (Å²) in [6.07, 6.45) is 0. The number of rotatable bonds is 5. The highest BCUT2D eigenvalue weighted by atomic mass is 32.1. The summed E-state index contributed by atoms with van der Waals surface area (Å²) in [5, 5.41) is 0. The first-order valence-corrected chi connectivity index (χ1v) is 17.5. The van der Waals surface area contributed by atoms with Gasteiger partial charge >= 0.3 is 5.97 Å². The molecule has 0 bridgehead atoms. The van der Waals surface area contributed by atoms with Crippen molar-refractivity contribution in [3.05, 3.63) is 103 Å². The van der Waals surface area contributed by atoms with E-state index in [9.17, 15) is 24.0 Å². The number of carbonyl (C=O) groups excluding carboxylic acids is 5. The van der Waals surface area contributed by atoms with E-state index in [4.69, 9.17) is 4.74 Å². The van der Waals surface area contributed by atoms with Crippen molar-refractivity contribution in [2.45, 2.75) is 45.3 Å². The zero-order valence-corrected chi connectivity index (χ0v) is 28.6. The molecule has 48 heavy (non-hydrogen) atoms. The predicted molar refractivity (Wildman–Crippen MR) is 181 cm³/mol. The average Bonchev–Trinajstić information content (AvgIpc) is 3.89. The van der Waals surface area contributed by atoms with Crippen LogP contribution in [-0.2, 0) is 28.7 Å². The third kappa shape index (κ3) is 3.95. The third-order valence-corrected chi connectivity index (χ3v) is 12.7. The van der Waals surface area contributed by atoms with Gasteiger partial charge in [-0.15, -0.1) is 22.7 Å². The number of fused-ring (bicyclic) bond motifs is 5. The molecule has 0 aliphatic carbocycles. The van der Waals surface area contributed by atoms with Gasteiger partial charge in [0, 0.05) is 19.5 Å². The summed E-state index contributed by atoms with van der Waals surface area (Å²) < 4.78 is 5.58. The van der Waals surface area contributed by atoms with Crippen LogP contribution in [0.25, 0.3) is 0 Å². The summed E-state index contributed by atoms with van der Waals surface area (Å²) in [6, 6.07) is 20.4. The maximum absolute atomic E-state index is 14.9. The molecular weight excluding hydrogens is 647 g/mol. The van der Waals surface area contributed by atoms with Crippen LogP contribution in [0.4, 0.5) is 11.4 Å². The predicted octanol–water partition coefficient (Wildman–Crippen LogP) is 5.68. The van der Waals surface area contributed by atoms with E-state index in [1.807, 2.05) is 81.1 Å². The van der Waals surface area contributed by atoms with Crippen molar-refractivity contribution in [1.29, 1.82) is 0 Å². The number of aryl methyl sites for hydroxylation is 4. The Labute approximate surface area is 285 Å². The van der Waals surface area contributed by atoms with Gasteiger partial charge in [0.1, 0.15) is 5.54 Å². The highest BCUT2D eigenvalue weighted by molar-refractivity contribution is 7.12. The number of thiophene rings is 2. The normalized spacial score (nSPS) is 27.5. The molecule has 4 amide bonds. The summed E-state index contributed by atoms with van der Waals surface area (Å²) in [7, 11) is 1.24. The number of ether oxygens (including phenoxy) is 1. The summed E-state index contributed by atoms with van der Waals surface area (Å²) in [4.78, 5) is 81.8. The summed E-state index contributed by atoms with van der Waals surface area (Å²) in [5.41, 5.74) is 0.774. The third-order valence-electron chi connectivity index (χ3n) is 10.6. The highest BCUT2D eigenvalue weighted by Crippen LogP contribution is 2.70. The van der Waals surface area contributed by atoms with Crippen molar-refractivity contribution in [3.8, 4) is 0 Å². The first-order valence-electron chi connectivity index (χ1n) is 15.9. The van der Waals surface area contributed by atoms with E-state index in [1.165, 1.54) is 39.6 Å². The molecule has 8 rings (SSSR count). The van der Waals surface area contributed by atoms with Crippen molar-refractivity contribution in [2.75, 3.05) is 16.9 Å². The second-order valence-corrected chi connectivity index (χ2v) is 15.9. The summed E-state index contributed by atoms with van der Waals surface area (Å²) >= 11 is 2.96. The van der Waals surface area contributed by atoms with Crippen LogP contribution in [0.3, 0.4) is 0 Å². The number of imide groups is 2. The van der Waals surface area contributed by atoms with Gasteiger partial charge in [-0.1, -0.05) is 35.4 Å². The molecule has 2 aromatic heterocycles. The molecule has 4 aromatic rings. The largest absolute Gasteiger partial charge is 0.468 e. The number of nitrogens with zero attached hydrogens (tertiary/aromatic N) is 3. The monoisotopic (exact) mass is 679 g/mol. The Morgan fingerprint density at radius 1 is 0.604 bits per heavy atom. The molecule has 4 saturated heterocycles. The minimum absolute atomic E-state index is 0.396.